The van der Waals surface area contributed by atoms with Gasteiger partial charge in [0.05, 0.1) is 7.11 Å². The van der Waals surface area contributed by atoms with E-state index in [1.54, 1.807) is 25.3 Å². The second-order valence-electron chi connectivity index (χ2n) is 7.45. The van der Waals surface area contributed by atoms with Gasteiger partial charge in [0.15, 0.2) is 5.11 Å². The summed E-state index contributed by atoms with van der Waals surface area (Å²) in [6.45, 7) is 0.357. The molecule has 3 aromatic rings. The lowest BCUT2D eigenvalue weighted by atomic mass is 10.1. The number of methoxy groups -OCH3 is 1. The van der Waals surface area contributed by atoms with Crippen molar-refractivity contribution in [2.75, 3.05) is 20.7 Å². The zero-order valence-corrected chi connectivity index (χ0v) is 21.6. The molecule has 1 aliphatic rings. The van der Waals surface area contributed by atoms with Crippen LogP contribution in [0, 0.1) is 0 Å². The van der Waals surface area contributed by atoms with Crippen LogP contribution in [-0.2, 0) is 20.9 Å². The fourth-order valence-corrected chi connectivity index (χ4v) is 4.74. The predicted molar refractivity (Wildman–Crippen MR) is 137 cm³/mol. The quantitative estimate of drug-likeness (QED) is 0.237. The predicted octanol–water partition coefficient (Wildman–Crippen LogP) is 5.33. The third kappa shape index (κ3) is 4.66. The summed E-state index contributed by atoms with van der Waals surface area (Å²) in [5.74, 6) is -0.783. The Hall–Kier alpha value is -2.39. The summed E-state index contributed by atoms with van der Waals surface area (Å²) in [5, 5.41) is 2.31. The van der Waals surface area contributed by atoms with E-state index in [4.69, 9.17) is 40.2 Å². The standard InChI is InChI=1S/C23H18BrCl2N3O3S/c1-27-22(31)20(29(23(27)33)12-21(30)32-2)7-14-11-28(19-6-4-15(24)8-17(14)19)10-13-3-5-16(25)9-18(13)26/h3-9,11H,10,12H2,1-2H3/b20-7-. The largest absolute Gasteiger partial charge is 0.468 e. The molecule has 6 nitrogen and oxygen atoms in total. The van der Waals surface area contributed by atoms with Crippen molar-refractivity contribution in [1.29, 1.82) is 0 Å². The third-order valence-corrected chi connectivity index (χ3v) is 6.94. The van der Waals surface area contributed by atoms with E-state index in [0.29, 0.717) is 22.3 Å². The van der Waals surface area contributed by atoms with Crippen molar-refractivity contribution < 1.29 is 14.3 Å². The van der Waals surface area contributed by atoms with Gasteiger partial charge in [0, 0.05) is 50.8 Å². The Labute approximate surface area is 214 Å². The average Bonchev–Trinajstić information content (AvgIpc) is 3.21. The van der Waals surface area contributed by atoms with Crippen LogP contribution in [0.15, 0.2) is 52.8 Å². The Balaban J connectivity index is 1.82. The minimum absolute atomic E-state index is 0.153. The highest BCUT2D eigenvalue weighted by molar-refractivity contribution is 9.10. The van der Waals surface area contributed by atoms with E-state index in [2.05, 4.69) is 20.5 Å². The molecule has 2 aromatic carbocycles. The zero-order chi connectivity index (χ0) is 23.9. The van der Waals surface area contributed by atoms with Crippen molar-refractivity contribution in [3.63, 3.8) is 0 Å². The maximum Gasteiger partial charge on any atom is 0.325 e. The molecule has 0 bridgehead atoms. The molecule has 2 heterocycles. The van der Waals surface area contributed by atoms with E-state index in [9.17, 15) is 9.59 Å². The van der Waals surface area contributed by atoms with Crippen LogP contribution in [0.2, 0.25) is 10.0 Å². The highest BCUT2D eigenvalue weighted by Gasteiger charge is 2.37. The van der Waals surface area contributed by atoms with Gasteiger partial charge in [-0.15, -0.1) is 0 Å². The number of fused-ring (bicyclic) bond motifs is 1. The monoisotopic (exact) mass is 565 g/mol. The second-order valence-corrected chi connectivity index (χ2v) is 9.57. The average molecular weight is 567 g/mol. The van der Waals surface area contributed by atoms with E-state index >= 15 is 0 Å². The van der Waals surface area contributed by atoms with Crippen molar-refractivity contribution >= 4 is 85.3 Å². The second kappa shape index (κ2) is 9.46. The number of amides is 1. The fourth-order valence-electron chi connectivity index (χ4n) is 3.67. The summed E-state index contributed by atoms with van der Waals surface area (Å²) in [6.07, 6.45) is 3.69. The van der Waals surface area contributed by atoms with Gasteiger partial charge < -0.3 is 14.2 Å². The summed E-state index contributed by atoms with van der Waals surface area (Å²) in [4.78, 5) is 27.7. The highest BCUT2D eigenvalue weighted by Crippen LogP contribution is 2.31. The molecular weight excluding hydrogens is 549 g/mol. The summed E-state index contributed by atoms with van der Waals surface area (Å²) >= 11 is 21.3. The number of likely N-dealkylation sites (N-methyl/N-ethyl adjacent to an activating group) is 1. The SMILES string of the molecule is COC(=O)CN1C(=S)N(C)C(=O)/C1=C/c1cn(Cc2ccc(Cl)cc2Cl)c2ccc(Br)cc12. The minimum atomic E-state index is -0.492. The van der Waals surface area contributed by atoms with Crippen LogP contribution in [0.1, 0.15) is 11.1 Å². The van der Waals surface area contributed by atoms with E-state index in [0.717, 1.165) is 26.5 Å². The molecule has 1 aromatic heterocycles. The molecular formula is C23H18BrCl2N3O3S. The zero-order valence-electron chi connectivity index (χ0n) is 17.6. The van der Waals surface area contributed by atoms with E-state index in [-0.39, 0.29) is 17.6 Å². The number of halogens is 3. The van der Waals surface area contributed by atoms with Gasteiger partial charge in [-0.25, -0.2) is 0 Å². The number of aromatic nitrogens is 1. The Morgan fingerprint density at radius 2 is 1.97 bits per heavy atom. The maximum absolute atomic E-state index is 12.9. The lowest BCUT2D eigenvalue weighted by molar-refractivity contribution is -0.140. The van der Waals surface area contributed by atoms with Crippen LogP contribution in [0.25, 0.3) is 17.0 Å². The molecule has 170 valence electrons. The van der Waals surface area contributed by atoms with Gasteiger partial charge in [-0.1, -0.05) is 45.2 Å². The molecule has 1 fully saturated rings. The molecule has 0 radical (unpaired) electrons. The number of hydrogen-bond donors (Lipinski definition) is 0. The van der Waals surface area contributed by atoms with Crippen molar-refractivity contribution in [2.24, 2.45) is 0 Å². The lowest BCUT2D eigenvalue weighted by Crippen LogP contribution is -2.33. The smallest absolute Gasteiger partial charge is 0.325 e. The number of carbonyl (C=O) groups excluding carboxylic acids is 2. The summed E-state index contributed by atoms with van der Waals surface area (Å²) in [7, 11) is 2.88. The third-order valence-electron chi connectivity index (χ3n) is 5.37. The van der Waals surface area contributed by atoms with E-state index in [1.165, 1.54) is 16.9 Å². The highest BCUT2D eigenvalue weighted by atomic mass is 79.9. The Morgan fingerprint density at radius 3 is 2.67 bits per heavy atom. The number of hydrogen-bond acceptors (Lipinski definition) is 4. The molecule has 4 rings (SSSR count). The van der Waals surface area contributed by atoms with Gasteiger partial charge in [0.2, 0.25) is 0 Å². The number of esters is 1. The molecule has 1 saturated heterocycles. The van der Waals surface area contributed by atoms with Crippen LogP contribution in [0.4, 0.5) is 0 Å². The molecule has 33 heavy (non-hydrogen) atoms. The Kier molecular flexibility index (Phi) is 6.81. The van der Waals surface area contributed by atoms with Crippen LogP contribution in [0.3, 0.4) is 0 Å². The molecule has 1 aliphatic heterocycles. The van der Waals surface area contributed by atoms with Crippen molar-refractivity contribution in [3.05, 3.63) is 73.9 Å². The number of benzene rings is 2. The molecule has 0 N–H and O–H groups in total. The van der Waals surface area contributed by atoms with Crippen LogP contribution in [0.5, 0.6) is 0 Å². The molecule has 0 atom stereocenters. The first-order chi connectivity index (χ1) is 15.7. The van der Waals surface area contributed by atoms with Crippen molar-refractivity contribution in [2.45, 2.75) is 6.54 Å². The molecule has 0 saturated carbocycles. The topological polar surface area (TPSA) is 54.8 Å². The van der Waals surface area contributed by atoms with Crippen LogP contribution in [-0.4, -0.2) is 52.1 Å². The first-order valence-corrected chi connectivity index (χ1v) is 11.8. The summed E-state index contributed by atoms with van der Waals surface area (Å²) < 4.78 is 7.72. The normalized spacial score (nSPS) is 15.2. The van der Waals surface area contributed by atoms with Gasteiger partial charge in [-0.05, 0) is 54.2 Å². The summed E-state index contributed by atoms with van der Waals surface area (Å²) in [5.41, 5.74) is 2.96. The van der Waals surface area contributed by atoms with Crippen LogP contribution < -0.4 is 0 Å². The molecule has 0 unspecified atom stereocenters. The van der Waals surface area contributed by atoms with Gasteiger partial charge in [0.1, 0.15) is 12.2 Å². The van der Waals surface area contributed by atoms with Gasteiger partial charge in [-0.2, -0.15) is 0 Å². The Morgan fingerprint density at radius 1 is 1.21 bits per heavy atom. The van der Waals surface area contributed by atoms with Gasteiger partial charge >= 0.3 is 5.97 Å². The fraction of sp³-hybridized carbons (Fsp3) is 0.174. The first kappa shape index (κ1) is 23.8. The summed E-state index contributed by atoms with van der Waals surface area (Å²) in [6, 6.07) is 11.3. The number of nitrogens with zero attached hydrogens (tertiary/aromatic N) is 3. The molecule has 1 amide bonds. The Bertz CT molecular complexity index is 1340. The molecule has 10 heteroatoms. The van der Waals surface area contributed by atoms with Gasteiger partial charge in [0.25, 0.3) is 5.91 Å². The van der Waals surface area contributed by atoms with Gasteiger partial charge in [-0.3, -0.25) is 14.5 Å². The number of ether oxygens (including phenoxy) is 1. The number of thiocarbonyl (C=S) groups is 1. The maximum atomic E-state index is 12.9. The van der Waals surface area contributed by atoms with E-state index < -0.39 is 5.97 Å². The van der Waals surface area contributed by atoms with Crippen molar-refractivity contribution in [1.82, 2.24) is 14.4 Å². The minimum Gasteiger partial charge on any atom is -0.468 e. The molecule has 0 spiro atoms. The number of rotatable bonds is 5. The lowest BCUT2D eigenvalue weighted by Gasteiger charge is -2.16. The van der Waals surface area contributed by atoms with Crippen molar-refractivity contribution in [3.8, 4) is 0 Å². The number of carbonyl (C=O) groups is 2. The molecule has 0 aliphatic carbocycles. The van der Waals surface area contributed by atoms with Crippen LogP contribution >= 0.6 is 51.3 Å². The first-order valence-electron chi connectivity index (χ1n) is 9.80. The van der Waals surface area contributed by atoms with E-state index in [1.807, 2.05) is 30.5 Å².